The summed E-state index contributed by atoms with van der Waals surface area (Å²) in [6.07, 6.45) is 4.20. The molecule has 0 aliphatic heterocycles. The van der Waals surface area contributed by atoms with E-state index in [1.807, 2.05) is 56.3 Å². The minimum atomic E-state index is -0.131. The molecule has 0 saturated heterocycles. The van der Waals surface area contributed by atoms with Gasteiger partial charge in [0.05, 0.1) is 5.52 Å². The first-order chi connectivity index (χ1) is 14.5. The van der Waals surface area contributed by atoms with E-state index in [9.17, 15) is 4.39 Å². The van der Waals surface area contributed by atoms with E-state index < -0.39 is 0 Å². The zero-order valence-corrected chi connectivity index (χ0v) is 18.0. The Morgan fingerprint density at radius 1 is 1.00 bits per heavy atom. The first-order valence-corrected chi connectivity index (χ1v) is 10.7. The van der Waals surface area contributed by atoms with Crippen molar-refractivity contribution < 1.29 is 4.39 Å². The minimum absolute atomic E-state index is 0.131. The Kier molecular flexibility index (Phi) is 6.13. The lowest BCUT2D eigenvalue weighted by atomic mass is 9.91. The summed E-state index contributed by atoms with van der Waals surface area (Å²) >= 11 is 0. The van der Waals surface area contributed by atoms with Crippen molar-refractivity contribution in [3.63, 3.8) is 0 Å². The molecule has 30 heavy (non-hydrogen) atoms. The average molecular weight is 408 g/mol. The number of hydrogen-bond acceptors (Lipinski definition) is 5. The number of aromatic nitrogens is 2. The highest BCUT2D eigenvalue weighted by Crippen LogP contribution is 2.26. The summed E-state index contributed by atoms with van der Waals surface area (Å²) in [7, 11) is 4.01. The fourth-order valence-electron chi connectivity index (χ4n) is 4.18. The largest absolute Gasteiger partial charge is 0.362 e. The third kappa shape index (κ3) is 4.70. The Morgan fingerprint density at radius 3 is 2.50 bits per heavy atom. The van der Waals surface area contributed by atoms with Gasteiger partial charge in [0.25, 0.3) is 0 Å². The van der Waals surface area contributed by atoms with Gasteiger partial charge in [-0.1, -0.05) is 29.8 Å². The third-order valence-corrected chi connectivity index (χ3v) is 5.85. The fourth-order valence-corrected chi connectivity index (χ4v) is 4.18. The van der Waals surface area contributed by atoms with Crippen LogP contribution in [0, 0.1) is 12.7 Å². The second kappa shape index (κ2) is 8.96. The molecule has 0 atom stereocenters. The summed E-state index contributed by atoms with van der Waals surface area (Å²) in [5.74, 6) is 1.49. The molecule has 5 nitrogen and oxygen atoms in total. The van der Waals surface area contributed by atoms with Gasteiger partial charge in [-0.25, -0.2) is 9.37 Å². The Morgan fingerprint density at radius 2 is 1.73 bits per heavy atom. The molecular weight excluding hydrogens is 377 g/mol. The van der Waals surface area contributed by atoms with Crippen molar-refractivity contribution >= 4 is 22.7 Å². The van der Waals surface area contributed by atoms with Crippen LogP contribution in [0.25, 0.3) is 10.9 Å². The zero-order valence-electron chi connectivity index (χ0n) is 18.0. The maximum Gasteiger partial charge on any atom is 0.225 e. The summed E-state index contributed by atoms with van der Waals surface area (Å²) in [5, 5.41) is 8.13. The normalized spacial score (nSPS) is 19.1. The van der Waals surface area contributed by atoms with E-state index in [0.29, 0.717) is 24.6 Å². The Balaban J connectivity index is 1.35. The average Bonchev–Trinajstić information content (AvgIpc) is 2.74. The fraction of sp³-hybridized carbons (Fsp3) is 0.417. The van der Waals surface area contributed by atoms with Gasteiger partial charge in [-0.15, -0.1) is 0 Å². The number of para-hydroxylation sites is 1. The molecule has 2 aromatic carbocycles. The first kappa shape index (κ1) is 20.5. The SMILES string of the molecule is Cc1ccc(F)c(CNC2CCC(Nc3nc(N(C)C)c4ccccc4n3)CC2)c1. The second-order valence-electron chi connectivity index (χ2n) is 8.45. The summed E-state index contributed by atoms with van der Waals surface area (Å²) in [6, 6.07) is 14.2. The molecule has 0 spiro atoms. The first-order valence-electron chi connectivity index (χ1n) is 10.7. The molecule has 0 amide bonds. The van der Waals surface area contributed by atoms with Crippen molar-refractivity contribution in [2.24, 2.45) is 0 Å². The molecule has 4 rings (SSSR count). The van der Waals surface area contributed by atoms with Crippen LogP contribution in [0.4, 0.5) is 16.2 Å². The highest BCUT2D eigenvalue weighted by Gasteiger charge is 2.22. The van der Waals surface area contributed by atoms with Crippen molar-refractivity contribution in [2.45, 2.75) is 51.2 Å². The van der Waals surface area contributed by atoms with Gasteiger partial charge >= 0.3 is 0 Å². The van der Waals surface area contributed by atoms with Crippen molar-refractivity contribution in [3.8, 4) is 0 Å². The Labute approximate surface area is 177 Å². The van der Waals surface area contributed by atoms with Crippen LogP contribution in [0.3, 0.4) is 0 Å². The van der Waals surface area contributed by atoms with Crippen LogP contribution in [0.2, 0.25) is 0 Å². The van der Waals surface area contributed by atoms with Gasteiger partial charge in [-0.3, -0.25) is 0 Å². The van der Waals surface area contributed by atoms with Gasteiger partial charge in [0.2, 0.25) is 5.95 Å². The van der Waals surface area contributed by atoms with Gasteiger partial charge in [0.15, 0.2) is 0 Å². The van der Waals surface area contributed by atoms with Gasteiger partial charge < -0.3 is 15.5 Å². The van der Waals surface area contributed by atoms with Crippen molar-refractivity contribution in [1.82, 2.24) is 15.3 Å². The molecule has 158 valence electrons. The number of halogens is 1. The molecule has 1 saturated carbocycles. The third-order valence-electron chi connectivity index (χ3n) is 5.85. The molecule has 6 heteroatoms. The van der Waals surface area contributed by atoms with Crippen LogP contribution in [0.5, 0.6) is 0 Å². The molecule has 0 bridgehead atoms. The number of fused-ring (bicyclic) bond motifs is 1. The maximum absolute atomic E-state index is 14.0. The standard InChI is InChI=1S/C24H30FN5/c1-16-8-13-21(25)17(14-16)15-26-18-9-11-19(12-10-18)27-24-28-22-7-5-4-6-20(22)23(29-24)30(2)3/h4-8,13-14,18-19,26H,9-12,15H2,1-3H3,(H,27,28,29). The predicted molar refractivity (Wildman–Crippen MR) is 122 cm³/mol. The Hall–Kier alpha value is -2.73. The summed E-state index contributed by atoms with van der Waals surface area (Å²) in [4.78, 5) is 11.5. The maximum atomic E-state index is 14.0. The number of nitrogens with one attached hydrogen (secondary N) is 2. The highest BCUT2D eigenvalue weighted by molar-refractivity contribution is 5.90. The number of nitrogens with zero attached hydrogens (tertiary/aromatic N) is 3. The van der Waals surface area contributed by atoms with Crippen molar-refractivity contribution in [1.29, 1.82) is 0 Å². The molecule has 1 heterocycles. The van der Waals surface area contributed by atoms with E-state index in [1.54, 1.807) is 6.07 Å². The van der Waals surface area contributed by atoms with Crippen LogP contribution in [-0.2, 0) is 6.54 Å². The molecule has 3 aromatic rings. The minimum Gasteiger partial charge on any atom is -0.362 e. The molecule has 1 aliphatic carbocycles. The monoisotopic (exact) mass is 407 g/mol. The topological polar surface area (TPSA) is 53.1 Å². The van der Waals surface area contributed by atoms with Gasteiger partial charge in [-0.2, -0.15) is 4.98 Å². The van der Waals surface area contributed by atoms with Gasteiger partial charge in [0, 0.05) is 43.7 Å². The molecule has 1 aliphatic rings. The molecule has 1 aromatic heterocycles. The molecule has 0 radical (unpaired) electrons. The van der Waals surface area contributed by atoms with Crippen LogP contribution in [0.15, 0.2) is 42.5 Å². The van der Waals surface area contributed by atoms with E-state index in [-0.39, 0.29) is 5.82 Å². The van der Waals surface area contributed by atoms with Crippen LogP contribution >= 0.6 is 0 Å². The van der Waals surface area contributed by atoms with Crippen LogP contribution in [-0.4, -0.2) is 36.1 Å². The van der Waals surface area contributed by atoms with E-state index in [0.717, 1.165) is 53.5 Å². The zero-order chi connectivity index (χ0) is 21.1. The molecule has 0 unspecified atom stereocenters. The van der Waals surface area contributed by atoms with Crippen LogP contribution in [0.1, 0.15) is 36.8 Å². The lowest BCUT2D eigenvalue weighted by Gasteiger charge is -2.30. The summed E-state index contributed by atoms with van der Waals surface area (Å²) < 4.78 is 14.0. The van der Waals surface area contributed by atoms with E-state index in [2.05, 4.69) is 16.7 Å². The molecule has 2 N–H and O–H groups in total. The quantitative estimate of drug-likeness (QED) is 0.623. The van der Waals surface area contributed by atoms with Crippen LogP contribution < -0.4 is 15.5 Å². The van der Waals surface area contributed by atoms with Gasteiger partial charge in [-0.05, 0) is 50.8 Å². The number of rotatable bonds is 6. The van der Waals surface area contributed by atoms with E-state index in [4.69, 9.17) is 9.97 Å². The predicted octanol–water partition coefficient (Wildman–Crippen LogP) is 4.66. The number of aryl methyl sites for hydroxylation is 1. The lowest BCUT2D eigenvalue weighted by Crippen LogP contribution is -2.37. The molecular formula is C24H30FN5. The molecule has 1 fully saturated rings. The second-order valence-corrected chi connectivity index (χ2v) is 8.45. The Bertz CT molecular complexity index is 1010. The highest BCUT2D eigenvalue weighted by atomic mass is 19.1. The lowest BCUT2D eigenvalue weighted by molar-refractivity contribution is 0.350. The number of hydrogen-bond donors (Lipinski definition) is 2. The number of benzene rings is 2. The summed E-state index contributed by atoms with van der Waals surface area (Å²) in [6.45, 7) is 2.58. The van der Waals surface area contributed by atoms with Crippen molar-refractivity contribution in [3.05, 3.63) is 59.4 Å². The van der Waals surface area contributed by atoms with Gasteiger partial charge in [0.1, 0.15) is 11.6 Å². The smallest absolute Gasteiger partial charge is 0.225 e. The van der Waals surface area contributed by atoms with E-state index in [1.165, 1.54) is 0 Å². The number of anilines is 2. The van der Waals surface area contributed by atoms with E-state index >= 15 is 0 Å². The summed E-state index contributed by atoms with van der Waals surface area (Å²) in [5.41, 5.74) is 2.79. The van der Waals surface area contributed by atoms with Crippen molar-refractivity contribution in [2.75, 3.05) is 24.3 Å².